The standard InChI is InChI=1S/C3H7FO/c1-3(5)2-4/h3,5H,2H2,1H3/t3-/m0/s1. The number of halogens is 1. The van der Waals surface area contributed by atoms with Crippen LogP contribution in [0.4, 0.5) is 4.39 Å². The number of aliphatic hydroxyl groups excluding tert-OH is 1. The van der Waals surface area contributed by atoms with Gasteiger partial charge in [0, 0.05) is 0 Å². The average molecular weight is 78.1 g/mol. The van der Waals surface area contributed by atoms with Crippen LogP contribution in [0.3, 0.4) is 0 Å². The van der Waals surface area contributed by atoms with E-state index in [2.05, 4.69) is 0 Å². The van der Waals surface area contributed by atoms with E-state index in [4.69, 9.17) is 5.11 Å². The van der Waals surface area contributed by atoms with Crippen LogP contribution in [-0.4, -0.2) is 17.9 Å². The van der Waals surface area contributed by atoms with Crippen LogP contribution in [0.25, 0.3) is 0 Å². The second kappa shape index (κ2) is 2.15. The van der Waals surface area contributed by atoms with Crippen LogP contribution < -0.4 is 0 Å². The fourth-order valence-electron chi connectivity index (χ4n) is 0. The van der Waals surface area contributed by atoms with Crippen LogP contribution >= 0.6 is 0 Å². The molecule has 0 fully saturated rings. The van der Waals surface area contributed by atoms with Gasteiger partial charge in [-0.2, -0.15) is 0 Å². The van der Waals surface area contributed by atoms with Gasteiger partial charge in [-0.1, -0.05) is 0 Å². The van der Waals surface area contributed by atoms with E-state index >= 15 is 0 Å². The first-order chi connectivity index (χ1) is 2.27. The molecule has 0 radical (unpaired) electrons. The predicted octanol–water partition coefficient (Wildman–Crippen LogP) is 0.337. The van der Waals surface area contributed by atoms with Gasteiger partial charge in [0.1, 0.15) is 6.67 Å². The summed E-state index contributed by atoms with van der Waals surface area (Å²) in [4.78, 5) is 0. The van der Waals surface area contributed by atoms with Crippen molar-refractivity contribution in [3.63, 3.8) is 0 Å². The lowest BCUT2D eigenvalue weighted by molar-refractivity contribution is 0.158. The lowest BCUT2D eigenvalue weighted by Crippen LogP contribution is -1.99. The molecule has 0 spiro atoms. The molecule has 0 heterocycles. The maximum atomic E-state index is 10.9. The van der Waals surface area contributed by atoms with E-state index in [-0.39, 0.29) is 0 Å². The molecule has 0 aliphatic heterocycles. The molecule has 1 atom stereocenters. The van der Waals surface area contributed by atoms with Gasteiger partial charge in [0.2, 0.25) is 0 Å². The van der Waals surface area contributed by atoms with Crippen LogP contribution in [0.2, 0.25) is 0 Å². The molecule has 0 bridgehead atoms. The van der Waals surface area contributed by atoms with E-state index in [0.717, 1.165) is 0 Å². The Bertz CT molecular complexity index is 20.9. The summed E-state index contributed by atoms with van der Waals surface area (Å²) in [5.74, 6) is 0. The summed E-state index contributed by atoms with van der Waals surface area (Å²) in [7, 11) is 0. The van der Waals surface area contributed by atoms with Crippen molar-refractivity contribution in [3.05, 3.63) is 0 Å². The Morgan fingerprint density at radius 3 is 2.20 bits per heavy atom. The first-order valence-corrected chi connectivity index (χ1v) is 1.51. The highest BCUT2D eigenvalue weighted by atomic mass is 19.1. The maximum absolute atomic E-state index is 10.9. The summed E-state index contributed by atoms with van der Waals surface area (Å²) >= 11 is 0. The molecule has 0 saturated carbocycles. The highest BCUT2D eigenvalue weighted by molar-refractivity contribution is 4.34. The van der Waals surface area contributed by atoms with Gasteiger partial charge in [-0.25, -0.2) is 4.39 Å². The average Bonchev–Trinajstić information content (AvgIpc) is 1.38. The van der Waals surface area contributed by atoms with Gasteiger partial charge in [-0.15, -0.1) is 0 Å². The fraction of sp³-hybridized carbons (Fsp3) is 1.00. The van der Waals surface area contributed by atoms with Gasteiger partial charge in [0.05, 0.1) is 6.10 Å². The molecule has 0 amide bonds. The summed E-state index contributed by atoms with van der Waals surface area (Å²) in [5.41, 5.74) is 0. The lowest BCUT2D eigenvalue weighted by Gasteiger charge is -1.87. The van der Waals surface area contributed by atoms with Crippen LogP contribution in [0.5, 0.6) is 0 Å². The van der Waals surface area contributed by atoms with Crippen LogP contribution in [0, 0.1) is 0 Å². The first-order valence-electron chi connectivity index (χ1n) is 1.51. The number of hydrogen-bond acceptors (Lipinski definition) is 1. The molecule has 0 aromatic heterocycles. The Hall–Kier alpha value is -0.110. The van der Waals surface area contributed by atoms with Crippen LogP contribution in [0.15, 0.2) is 0 Å². The Morgan fingerprint density at radius 1 is 2.00 bits per heavy atom. The van der Waals surface area contributed by atoms with Crippen molar-refractivity contribution >= 4 is 0 Å². The minimum atomic E-state index is -0.782. The quantitative estimate of drug-likeness (QED) is 0.479. The molecule has 2 heteroatoms. The van der Waals surface area contributed by atoms with Crippen molar-refractivity contribution in [2.75, 3.05) is 6.67 Å². The van der Waals surface area contributed by atoms with E-state index in [9.17, 15) is 4.39 Å². The number of aliphatic hydroxyl groups is 1. The molecule has 0 aromatic carbocycles. The van der Waals surface area contributed by atoms with E-state index < -0.39 is 12.8 Å². The fourth-order valence-corrected chi connectivity index (χ4v) is 0. The predicted molar refractivity (Wildman–Crippen MR) is 17.7 cm³/mol. The van der Waals surface area contributed by atoms with Crippen molar-refractivity contribution < 1.29 is 9.50 Å². The maximum Gasteiger partial charge on any atom is 0.115 e. The zero-order valence-corrected chi connectivity index (χ0v) is 3.11. The van der Waals surface area contributed by atoms with Crippen LogP contribution in [0.1, 0.15) is 6.92 Å². The molecule has 1 N–H and O–H groups in total. The largest absolute Gasteiger partial charge is 0.391 e. The summed E-state index contributed by atoms with van der Waals surface area (Å²) in [6.07, 6.45) is -0.782. The molecule has 0 rings (SSSR count). The van der Waals surface area contributed by atoms with E-state index in [1.165, 1.54) is 6.92 Å². The Labute approximate surface area is 30.4 Å². The highest BCUT2D eigenvalue weighted by Gasteiger charge is 1.85. The highest BCUT2D eigenvalue weighted by Crippen LogP contribution is 1.75. The molecule has 0 aliphatic rings. The molecular formula is C3H7FO. The minimum Gasteiger partial charge on any atom is -0.391 e. The van der Waals surface area contributed by atoms with Gasteiger partial charge < -0.3 is 5.11 Å². The Balaban J connectivity index is 2.54. The van der Waals surface area contributed by atoms with E-state index in [1.807, 2.05) is 0 Å². The summed E-state index contributed by atoms with van der Waals surface area (Å²) < 4.78 is 10.9. The van der Waals surface area contributed by atoms with E-state index in [0.29, 0.717) is 0 Å². The van der Waals surface area contributed by atoms with Crippen molar-refractivity contribution in [3.8, 4) is 0 Å². The molecule has 0 saturated heterocycles. The van der Waals surface area contributed by atoms with Gasteiger partial charge in [-0.05, 0) is 6.92 Å². The number of alkyl halides is 1. The van der Waals surface area contributed by atoms with Gasteiger partial charge >= 0.3 is 0 Å². The number of hydrogen-bond donors (Lipinski definition) is 1. The monoisotopic (exact) mass is 78.0 g/mol. The molecule has 5 heavy (non-hydrogen) atoms. The first kappa shape index (κ1) is 4.89. The Kier molecular flexibility index (Phi) is 2.10. The van der Waals surface area contributed by atoms with Crippen molar-refractivity contribution in [2.45, 2.75) is 13.0 Å². The molecule has 32 valence electrons. The molecule has 0 unspecified atom stereocenters. The summed E-state index contributed by atoms with van der Waals surface area (Å²) in [5, 5.41) is 7.99. The third-order valence-corrected chi connectivity index (χ3v) is 0.223. The van der Waals surface area contributed by atoms with E-state index in [1.54, 1.807) is 0 Å². The third kappa shape index (κ3) is 3.89. The normalized spacial score (nSPS) is 15.0. The topological polar surface area (TPSA) is 20.2 Å². The van der Waals surface area contributed by atoms with Crippen molar-refractivity contribution in [1.29, 1.82) is 0 Å². The SMILES string of the molecule is C[C@H](O)CF. The van der Waals surface area contributed by atoms with Gasteiger partial charge in [0.15, 0.2) is 0 Å². The minimum absolute atomic E-state index is 0.639. The third-order valence-electron chi connectivity index (χ3n) is 0.223. The van der Waals surface area contributed by atoms with Crippen molar-refractivity contribution in [1.82, 2.24) is 0 Å². The summed E-state index contributed by atoms with van der Waals surface area (Å²) in [6, 6.07) is 0. The Morgan fingerprint density at radius 2 is 2.20 bits per heavy atom. The van der Waals surface area contributed by atoms with Crippen LogP contribution in [-0.2, 0) is 0 Å². The number of rotatable bonds is 1. The molecule has 1 nitrogen and oxygen atoms in total. The smallest absolute Gasteiger partial charge is 0.115 e. The zero-order valence-electron chi connectivity index (χ0n) is 3.11. The van der Waals surface area contributed by atoms with Gasteiger partial charge in [0.25, 0.3) is 0 Å². The second-order valence-electron chi connectivity index (χ2n) is 1.00. The zero-order chi connectivity index (χ0) is 4.28. The summed E-state index contributed by atoms with van der Waals surface area (Å²) in [6.45, 7) is 0.764. The molecular weight excluding hydrogens is 71.0 g/mol. The second-order valence-corrected chi connectivity index (χ2v) is 1.00. The van der Waals surface area contributed by atoms with Crippen molar-refractivity contribution in [2.24, 2.45) is 0 Å². The van der Waals surface area contributed by atoms with Gasteiger partial charge in [-0.3, -0.25) is 0 Å². The molecule has 0 aliphatic carbocycles. The lowest BCUT2D eigenvalue weighted by atomic mass is 10.5. The molecule has 0 aromatic rings.